The van der Waals surface area contributed by atoms with E-state index in [1.54, 1.807) is 0 Å². The van der Waals surface area contributed by atoms with Crippen molar-refractivity contribution < 1.29 is 0 Å². The number of aryl methyl sites for hydroxylation is 2. The number of rotatable bonds is 5. The third-order valence-electron chi connectivity index (χ3n) is 5.49. The molecule has 1 heteroatoms. The molecule has 1 fully saturated rings. The van der Waals surface area contributed by atoms with Crippen LogP contribution in [0.1, 0.15) is 61.8 Å². The van der Waals surface area contributed by atoms with Crippen LogP contribution >= 0.6 is 0 Å². The molecule has 0 aliphatic heterocycles. The van der Waals surface area contributed by atoms with Crippen molar-refractivity contribution in [2.75, 3.05) is 0 Å². The number of hydrogen-bond acceptors (Lipinski definition) is 1. The van der Waals surface area contributed by atoms with Gasteiger partial charge in [0.15, 0.2) is 0 Å². The largest absolute Gasteiger partial charge is 0.386 e. The molecule has 0 heterocycles. The van der Waals surface area contributed by atoms with Crippen LogP contribution in [0.4, 0.5) is 0 Å². The van der Waals surface area contributed by atoms with Crippen LogP contribution in [0.15, 0.2) is 80.5 Å². The van der Waals surface area contributed by atoms with Crippen molar-refractivity contribution in [1.82, 2.24) is 5.32 Å². The molecule has 0 radical (unpaired) electrons. The summed E-state index contributed by atoms with van der Waals surface area (Å²) in [4.78, 5) is 0. The number of nitrogens with one attached hydrogen (secondary N) is 1. The quantitative estimate of drug-likeness (QED) is 0.498. The summed E-state index contributed by atoms with van der Waals surface area (Å²) in [5, 5.41) is 3.48. The van der Waals surface area contributed by atoms with Crippen LogP contribution in [-0.2, 0) is 6.42 Å². The molecule has 0 bridgehead atoms. The first kappa shape index (κ1) is 25.5. The van der Waals surface area contributed by atoms with Crippen molar-refractivity contribution in [3.05, 3.63) is 103 Å². The Morgan fingerprint density at radius 2 is 1.27 bits per heavy atom. The molecule has 1 aliphatic rings. The minimum atomic E-state index is 0.648. The van der Waals surface area contributed by atoms with E-state index in [-0.39, 0.29) is 0 Å². The molecular formula is C29H41N. The first-order valence-corrected chi connectivity index (χ1v) is 11.0. The van der Waals surface area contributed by atoms with Crippen LogP contribution in [0.5, 0.6) is 0 Å². The van der Waals surface area contributed by atoms with Crippen LogP contribution in [0, 0.1) is 19.8 Å². The van der Waals surface area contributed by atoms with Crippen LogP contribution in [0.3, 0.4) is 0 Å². The van der Waals surface area contributed by atoms with Crippen molar-refractivity contribution >= 4 is 5.57 Å². The van der Waals surface area contributed by atoms with Crippen molar-refractivity contribution in [3.63, 3.8) is 0 Å². The molecule has 3 rings (SSSR count). The SMILES string of the molecule is C=C.C=C(C)NC1CCC(Cc2ccc(C(=C)C)cc2)CC1.Cc1ccc(C)cc1. The second kappa shape index (κ2) is 13.6. The summed E-state index contributed by atoms with van der Waals surface area (Å²) in [6.07, 6.45) is 6.43. The second-order valence-electron chi connectivity index (χ2n) is 8.48. The van der Waals surface area contributed by atoms with Gasteiger partial charge in [0.05, 0.1) is 0 Å². The zero-order chi connectivity index (χ0) is 22.5. The molecule has 0 aromatic heterocycles. The highest BCUT2D eigenvalue weighted by atomic mass is 14.9. The molecule has 0 unspecified atom stereocenters. The third kappa shape index (κ3) is 9.78. The molecule has 1 N–H and O–H groups in total. The Morgan fingerprint density at radius 1 is 0.800 bits per heavy atom. The predicted molar refractivity (Wildman–Crippen MR) is 136 cm³/mol. The number of hydrogen-bond donors (Lipinski definition) is 1. The van der Waals surface area contributed by atoms with E-state index in [2.05, 4.69) is 108 Å². The van der Waals surface area contributed by atoms with Crippen molar-refractivity contribution in [1.29, 1.82) is 0 Å². The topological polar surface area (TPSA) is 12.0 Å². The summed E-state index contributed by atoms with van der Waals surface area (Å²) in [7, 11) is 0. The Hall–Kier alpha value is -2.54. The molecule has 162 valence electrons. The monoisotopic (exact) mass is 403 g/mol. The van der Waals surface area contributed by atoms with Gasteiger partial charge in [0, 0.05) is 11.7 Å². The molecule has 1 saturated carbocycles. The van der Waals surface area contributed by atoms with Gasteiger partial charge < -0.3 is 5.32 Å². The molecule has 30 heavy (non-hydrogen) atoms. The van der Waals surface area contributed by atoms with E-state index in [1.807, 2.05) is 0 Å². The van der Waals surface area contributed by atoms with Gasteiger partial charge in [-0.3, -0.25) is 0 Å². The van der Waals surface area contributed by atoms with Gasteiger partial charge in [0.25, 0.3) is 0 Å². The fourth-order valence-electron chi connectivity index (χ4n) is 3.75. The maximum Gasteiger partial charge on any atom is 0.0258 e. The lowest BCUT2D eigenvalue weighted by Crippen LogP contribution is -2.32. The van der Waals surface area contributed by atoms with Crippen LogP contribution in [0.25, 0.3) is 5.57 Å². The van der Waals surface area contributed by atoms with Gasteiger partial charge in [0.2, 0.25) is 0 Å². The molecule has 1 nitrogen and oxygen atoms in total. The Labute approximate surface area is 185 Å². The van der Waals surface area contributed by atoms with Crippen LogP contribution in [-0.4, -0.2) is 6.04 Å². The Kier molecular flexibility index (Phi) is 11.6. The Bertz CT molecular complexity index is 738. The molecule has 0 spiro atoms. The molecule has 0 amide bonds. The molecule has 2 aromatic rings. The standard InChI is InChI=1S/C19H27N.C8H10.C2H4/c1-14(2)18-9-5-16(6-10-18)13-17-7-11-19(12-8-17)20-15(3)4;1-7-3-5-8(2)6-4-7;1-2/h5-6,9-10,17,19-20H,1,3,7-8,11-13H2,2,4H3;3-6H,1-2H3;1-2H2. The second-order valence-corrected chi connectivity index (χ2v) is 8.48. The highest BCUT2D eigenvalue weighted by Crippen LogP contribution is 2.28. The van der Waals surface area contributed by atoms with Crippen molar-refractivity contribution in [2.24, 2.45) is 5.92 Å². The maximum absolute atomic E-state index is 3.99. The Morgan fingerprint density at radius 3 is 1.67 bits per heavy atom. The maximum atomic E-state index is 3.99. The lowest BCUT2D eigenvalue weighted by Gasteiger charge is -2.30. The van der Waals surface area contributed by atoms with E-state index in [0.29, 0.717) is 6.04 Å². The minimum Gasteiger partial charge on any atom is -0.386 e. The fraction of sp³-hybridized carbons (Fsp3) is 0.379. The van der Waals surface area contributed by atoms with E-state index in [1.165, 1.54) is 54.4 Å². The summed E-state index contributed by atoms with van der Waals surface area (Å²) >= 11 is 0. The molecule has 2 aromatic carbocycles. The van der Waals surface area contributed by atoms with Gasteiger partial charge in [-0.15, -0.1) is 13.2 Å². The normalized spacial score (nSPS) is 17.5. The summed E-state index contributed by atoms with van der Waals surface area (Å²) in [6, 6.07) is 18.1. The van der Waals surface area contributed by atoms with Crippen molar-refractivity contribution in [2.45, 2.75) is 65.8 Å². The zero-order valence-electron chi connectivity index (χ0n) is 19.6. The van der Waals surface area contributed by atoms with Gasteiger partial charge in [-0.1, -0.05) is 78.4 Å². The first-order chi connectivity index (χ1) is 14.3. The number of benzene rings is 2. The summed E-state index contributed by atoms with van der Waals surface area (Å²) in [5.41, 5.74) is 7.62. The summed E-state index contributed by atoms with van der Waals surface area (Å²) in [5.74, 6) is 0.842. The van der Waals surface area contributed by atoms with E-state index in [0.717, 1.165) is 17.2 Å². The van der Waals surface area contributed by atoms with Gasteiger partial charge in [-0.2, -0.15) is 0 Å². The van der Waals surface area contributed by atoms with Crippen molar-refractivity contribution in [3.8, 4) is 0 Å². The van der Waals surface area contributed by atoms with Gasteiger partial charge in [0.1, 0.15) is 0 Å². The highest BCUT2D eigenvalue weighted by molar-refractivity contribution is 5.61. The average Bonchev–Trinajstić information content (AvgIpc) is 2.74. The summed E-state index contributed by atoms with van der Waals surface area (Å²) < 4.78 is 0. The molecule has 0 saturated heterocycles. The van der Waals surface area contributed by atoms with E-state index in [4.69, 9.17) is 0 Å². The van der Waals surface area contributed by atoms with E-state index in [9.17, 15) is 0 Å². The highest BCUT2D eigenvalue weighted by Gasteiger charge is 2.20. The van der Waals surface area contributed by atoms with E-state index < -0.39 is 0 Å². The minimum absolute atomic E-state index is 0.648. The van der Waals surface area contributed by atoms with Gasteiger partial charge in [-0.05, 0) is 76.8 Å². The lowest BCUT2D eigenvalue weighted by atomic mass is 9.82. The molecule has 1 aliphatic carbocycles. The molecular weight excluding hydrogens is 362 g/mol. The lowest BCUT2D eigenvalue weighted by molar-refractivity contribution is 0.302. The number of allylic oxidation sites excluding steroid dienone is 2. The third-order valence-corrected chi connectivity index (χ3v) is 5.49. The van der Waals surface area contributed by atoms with Crippen LogP contribution < -0.4 is 5.32 Å². The van der Waals surface area contributed by atoms with Gasteiger partial charge in [-0.25, -0.2) is 0 Å². The average molecular weight is 404 g/mol. The van der Waals surface area contributed by atoms with E-state index >= 15 is 0 Å². The first-order valence-electron chi connectivity index (χ1n) is 11.0. The summed E-state index contributed by atoms with van der Waals surface area (Å²) in [6.45, 7) is 22.2. The zero-order valence-corrected chi connectivity index (χ0v) is 19.6. The Balaban J connectivity index is 0.000000375. The van der Waals surface area contributed by atoms with Crippen LogP contribution in [0.2, 0.25) is 0 Å². The van der Waals surface area contributed by atoms with Gasteiger partial charge >= 0.3 is 0 Å². The molecule has 0 atom stereocenters. The predicted octanol–water partition coefficient (Wildman–Crippen LogP) is 8.05. The smallest absolute Gasteiger partial charge is 0.0258 e. The fourth-order valence-corrected chi connectivity index (χ4v) is 3.75.